The average Bonchev–Trinajstić information content (AvgIpc) is 2.80. The molecule has 0 aliphatic rings. The van der Waals surface area contributed by atoms with E-state index in [9.17, 15) is 39.7 Å². The molecule has 0 aliphatic carbocycles. The zero-order valence-electron chi connectivity index (χ0n) is 17.1. The first-order valence-electron chi connectivity index (χ1n) is 9.39. The minimum absolute atomic E-state index is 0.0984. The van der Waals surface area contributed by atoms with E-state index < -0.39 is 51.1 Å². The summed E-state index contributed by atoms with van der Waals surface area (Å²) in [7, 11) is 0. The Morgan fingerprint density at radius 2 is 1.68 bits per heavy atom. The van der Waals surface area contributed by atoms with Crippen molar-refractivity contribution in [2.75, 3.05) is 5.32 Å². The molecule has 0 fully saturated rings. The first-order valence-corrected chi connectivity index (χ1v) is 9.39. The van der Waals surface area contributed by atoms with E-state index in [-0.39, 0.29) is 18.0 Å². The number of nitro benzene ring substituents is 2. The lowest BCUT2D eigenvalue weighted by molar-refractivity contribution is -0.394. The highest BCUT2D eigenvalue weighted by atomic mass is 16.6. The zero-order valence-corrected chi connectivity index (χ0v) is 17.1. The van der Waals surface area contributed by atoms with Crippen LogP contribution < -0.4 is 10.9 Å². The van der Waals surface area contributed by atoms with Crippen molar-refractivity contribution in [2.45, 2.75) is 13.2 Å². The molecule has 2 N–H and O–H groups in total. The van der Waals surface area contributed by atoms with E-state index in [0.29, 0.717) is 16.2 Å². The number of aromatic nitrogens is 2. The van der Waals surface area contributed by atoms with Gasteiger partial charge in [0.25, 0.3) is 16.9 Å². The zero-order chi connectivity index (χ0) is 24.8. The number of nitrogens with one attached hydrogen (secondary N) is 1. The Hall–Kier alpha value is -5.14. The fourth-order valence-corrected chi connectivity index (χ4v) is 2.89. The number of non-ortho nitro benzene ring substituents is 2. The minimum atomic E-state index is -1.46. The van der Waals surface area contributed by atoms with Gasteiger partial charge in [-0.3, -0.25) is 39.7 Å². The maximum absolute atomic E-state index is 12.9. The quantitative estimate of drug-likeness (QED) is 0.365. The van der Waals surface area contributed by atoms with Gasteiger partial charge in [-0.15, -0.1) is 0 Å². The molecule has 0 radical (unpaired) electrons. The lowest BCUT2D eigenvalue weighted by Crippen LogP contribution is -2.30. The maximum Gasteiger partial charge on any atom is 0.412 e. The van der Waals surface area contributed by atoms with E-state index in [1.807, 2.05) is 0 Å². The van der Waals surface area contributed by atoms with Crippen LogP contribution >= 0.6 is 0 Å². The summed E-state index contributed by atoms with van der Waals surface area (Å²) >= 11 is 0. The SMILES string of the molecule is O=C(O)Cn1c(-c2cc([N+](=O)[O-])cc([N+](=O)[O-])c2)ncc(NC(=O)OCc2ccccc2)c1=O. The van der Waals surface area contributed by atoms with Gasteiger partial charge in [0.1, 0.15) is 24.7 Å². The van der Waals surface area contributed by atoms with E-state index >= 15 is 0 Å². The predicted octanol–water partition coefficient (Wildman–Crippen LogP) is 2.56. The van der Waals surface area contributed by atoms with Crippen molar-refractivity contribution < 1.29 is 29.3 Å². The van der Waals surface area contributed by atoms with Crippen LogP contribution in [0.15, 0.2) is 59.5 Å². The summed E-state index contributed by atoms with van der Waals surface area (Å²) in [5.74, 6) is -1.85. The molecule has 1 heterocycles. The van der Waals surface area contributed by atoms with Crippen LogP contribution in [0.1, 0.15) is 5.56 Å². The molecule has 0 bridgehead atoms. The average molecular weight is 469 g/mol. The largest absolute Gasteiger partial charge is 0.480 e. The lowest BCUT2D eigenvalue weighted by atomic mass is 10.1. The van der Waals surface area contributed by atoms with Crippen molar-refractivity contribution in [3.63, 3.8) is 0 Å². The lowest BCUT2D eigenvalue weighted by Gasteiger charge is -2.13. The Morgan fingerprint density at radius 3 is 2.24 bits per heavy atom. The molecule has 1 amide bonds. The normalized spacial score (nSPS) is 10.4. The Bertz CT molecular complexity index is 1310. The first kappa shape index (κ1) is 23.5. The molecule has 0 saturated carbocycles. The highest BCUT2D eigenvalue weighted by Crippen LogP contribution is 2.28. The molecule has 14 heteroatoms. The van der Waals surface area contributed by atoms with E-state index in [0.717, 1.165) is 18.3 Å². The maximum atomic E-state index is 12.9. The number of carbonyl (C=O) groups excluding carboxylic acids is 1. The summed E-state index contributed by atoms with van der Waals surface area (Å²) in [4.78, 5) is 60.8. The minimum Gasteiger partial charge on any atom is -0.480 e. The number of nitro groups is 2. The van der Waals surface area contributed by atoms with Crippen LogP contribution in [0.3, 0.4) is 0 Å². The highest BCUT2D eigenvalue weighted by molar-refractivity contribution is 5.84. The number of carboxylic acid groups (broad SMARTS) is 1. The summed E-state index contributed by atoms with van der Waals surface area (Å²) < 4.78 is 5.62. The van der Waals surface area contributed by atoms with Gasteiger partial charge >= 0.3 is 12.1 Å². The Kier molecular flexibility index (Phi) is 6.91. The molecular weight excluding hydrogens is 454 g/mol. The Balaban J connectivity index is 1.98. The van der Waals surface area contributed by atoms with Gasteiger partial charge in [-0.2, -0.15) is 0 Å². The number of ether oxygens (including phenoxy) is 1. The van der Waals surface area contributed by atoms with Crippen molar-refractivity contribution in [1.82, 2.24) is 9.55 Å². The number of hydrogen-bond acceptors (Lipinski definition) is 9. The molecule has 3 rings (SSSR count). The molecule has 0 aliphatic heterocycles. The van der Waals surface area contributed by atoms with Crippen molar-refractivity contribution in [1.29, 1.82) is 0 Å². The number of rotatable bonds is 8. The second kappa shape index (κ2) is 9.99. The second-order valence-corrected chi connectivity index (χ2v) is 6.72. The number of carboxylic acids is 1. The molecule has 0 spiro atoms. The smallest absolute Gasteiger partial charge is 0.412 e. The van der Waals surface area contributed by atoms with Crippen molar-refractivity contribution in [3.8, 4) is 11.4 Å². The van der Waals surface area contributed by atoms with Crippen LogP contribution in [0.25, 0.3) is 11.4 Å². The summed E-state index contributed by atoms with van der Waals surface area (Å²) in [5, 5.41) is 33.7. The fraction of sp³-hybridized carbons (Fsp3) is 0.100. The van der Waals surface area contributed by atoms with Gasteiger partial charge < -0.3 is 9.84 Å². The van der Waals surface area contributed by atoms with E-state index in [4.69, 9.17) is 4.74 Å². The molecule has 2 aromatic carbocycles. The fourth-order valence-electron chi connectivity index (χ4n) is 2.89. The molecule has 0 saturated heterocycles. The van der Waals surface area contributed by atoms with Gasteiger partial charge in [-0.05, 0) is 5.56 Å². The van der Waals surface area contributed by atoms with Gasteiger partial charge in [0.15, 0.2) is 0 Å². The van der Waals surface area contributed by atoms with Crippen molar-refractivity contribution in [3.05, 3.63) is 90.9 Å². The Labute approximate surface area is 189 Å². The van der Waals surface area contributed by atoms with Crippen LogP contribution in [0.2, 0.25) is 0 Å². The summed E-state index contributed by atoms with van der Waals surface area (Å²) in [6.07, 6.45) is -0.117. The third-order valence-electron chi connectivity index (χ3n) is 4.37. The Morgan fingerprint density at radius 1 is 1.06 bits per heavy atom. The van der Waals surface area contributed by atoms with E-state index in [1.54, 1.807) is 30.3 Å². The number of hydrogen-bond donors (Lipinski definition) is 2. The third kappa shape index (κ3) is 5.56. The van der Waals surface area contributed by atoms with Gasteiger partial charge in [-0.25, -0.2) is 9.78 Å². The van der Waals surface area contributed by atoms with Crippen LogP contribution in [-0.2, 0) is 22.7 Å². The molecule has 14 nitrogen and oxygen atoms in total. The van der Waals surface area contributed by atoms with Gasteiger partial charge in [0, 0.05) is 17.7 Å². The molecular formula is C20H15N5O9. The standard InChI is InChI=1S/C20H15N5O9/c26-17(27)10-23-18(13-6-14(24(30)31)8-15(7-13)25(32)33)21-9-16(19(23)28)22-20(29)34-11-12-4-2-1-3-5-12/h1-9H,10-11H2,(H,22,29)(H,26,27). The predicted molar refractivity (Wildman–Crippen MR) is 115 cm³/mol. The third-order valence-corrected chi connectivity index (χ3v) is 4.37. The molecule has 0 atom stereocenters. The molecule has 3 aromatic rings. The van der Waals surface area contributed by atoms with Gasteiger partial charge in [0.05, 0.1) is 22.1 Å². The number of aliphatic carboxylic acids is 1. The second-order valence-electron chi connectivity index (χ2n) is 6.72. The van der Waals surface area contributed by atoms with Crippen LogP contribution in [0.5, 0.6) is 0 Å². The first-order chi connectivity index (χ1) is 16.2. The molecule has 34 heavy (non-hydrogen) atoms. The van der Waals surface area contributed by atoms with Crippen molar-refractivity contribution >= 4 is 29.1 Å². The number of nitrogens with zero attached hydrogens (tertiary/aromatic N) is 4. The molecule has 174 valence electrons. The summed E-state index contributed by atoms with van der Waals surface area (Å²) in [6.45, 7) is -1.04. The number of carbonyl (C=O) groups is 2. The molecule has 0 unspecified atom stereocenters. The summed E-state index contributed by atoms with van der Waals surface area (Å²) in [6, 6.07) is 11.2. The van der Waals surface area contributed by atoms with Crippen LogP contribution in [0, 0.1) is 20.2 Å². The number of benzene rings is 2. The van der Waals surface area contributed by atoms with E-state index in [2.05, 4.69) is 10.3 Å². The number of amides is 1. The van der Waals surface area contributed by atoms with Crippen LogP contribution in [0.4, 0.5) is 21.9 Å². The number of anilines is 1. The van der Waals surface area contributed by atoms with Crippen molar-refractivity contribution in [2.24, 2.45) is 0 Å². The van der Waals surface area contributed by atoms with E-state index in [1.165, 1.54) is 0 Å². The summed E-state index contributed by atoms with van der Waals surface area (Å²) in [5.41, 5.74) is -2.32. The topological polar surface area (TPSA) is 197 Å². The van der Waals surface area contributed by atoms with Crippen LogP contribution in [-0.4, -0.2) is 36.6 Å². The molecule has 1 aromatic heterocycles. The van der Waals surface area contributed by atoms with Gasteiger partial charge in [-0.1, -0.05) is 30.3 Å². The van der Waals surface area contributed by atoms with Gasteiger partial charge in [0.2, 0.25) is 0 Å². The highest BCUT2D eigenvalue weighted by Gasteiger charge is 2.22. The monoisotopic (exact) mass is 469 g/mol.